The quantitative estimate of drug-likeness (QED) is 0.0315. The summed E-state index contributed by atoms with van der Waals surface area (Å²) >= 11 is 0. The number of nitrogens with zero attached hydrogens (tertiary/aromatic N) is 2. The van der Waals surface area contributed by atoms with Crippen molar-refractivity contribution in [3.63, 3.8) is 0 Å². The van der Waals surface area contributed by atoms with E-state index in [0.29, 0.717) is 50.9 Å². The first-order valence-corrected chi connectivity index (χ1v) is 28.6. The molecule has 16 nitrogen and oxygen atoms in total. The van der Waals surface area contributed by atoms with E-state index in [4.69, 9.17) is 15.2 Å². The van der Waals surface area contributed by atoms with Crippen LogP contribution in [0.3, 0.4) is 0 Å². The van der Waals surface area contributed by atoms with E-state index in [9.17, 15) is 46.1 Å². The van der Waals surface area contributed by atoms with Crippen molar-refractivity contribution < 1.29 is 60.1 Å². The van der Waals surface area contributed by atoms with Gasteiger partial charge in [0.05, 0.1) is 23.0 Å². The summed E-state index contributed by atoms with van der Waals surface area (Å²) in [7, 11) is -8.07. The minimum absolute atomic E-state index is 0.115. The van der Waals surface area contributed by atoms with E-state index in [2.05, 4.69) is 91.1 Å². The van der Waals surface area contributed by atoms with Crippen molar-refractivity contribution in [3.05, 3.63) is 136 Å². The van der Waals surface area contributed by atoms with Gasteiger partial charge in [-0.05, 0) is 118 Å². The number of amides is 1. The third kappa shape index (κ3) is 13.8. The molecule has 0 aromatic heterocycles. The molecule has 8 N–H and O–H groups in total. The third-order valence-electron chi connectivity index (χ3n) is 14.6. The van der Waals surface area contributed by atoms with Gasteiger partial charge in [0.25, 0.3) is 20.2 Å². The molecule has 1 saturated heterocycles. The summed E-state index contributed by atoms with van der Waals surface area (Å²) < 4.78 is 79.0. The van der Waals surface area contributed by atoms with Crippen LogP contribution in [0.2, 0.25) is 0 Å². The number of aliphatic hydroxyl groups excluding tert-OH is 3. The standard InChI is InChI=1S/C55H72N4O12S2/c1-54(2)41-18-7-9-20-43(41)58(32-11-5-13-34-72(64,65)66)46(54)29-25-38-16-15-17-39(26-30-47-55(3,4)42-19-8-10-21-44(42)59(47)33-12-6-14-35-73(67,68)69)52(38)70-40-27-22-37(23-28-40)24-31-48(60)57-36-45-50(61)51(62)49(56)53(63)71-45/h7-10,18-23,25-30,45,49-51,53,61-63H,5-6,11-17,24,31-36,56H2,1-4H3,(H2-,57,60,64,65,66,67,68,69)/p+1/t45-,49-,50-,51-,53-/m1/s1. The molecule has 7 rings (SSSR count). The Labute approximate surface area is 430 Å². The Balaban J connectivity index is 1.18. The van der Waals surface area contributed by atoms with Gasteiger partial charge in [0, 0.05) is 60.4 Å². The zero-order valence-electron chi connectivity index (χ0n) is 42.3. The molecular formula is C55H73N4O12S2+. The Hall–Kier alpha value is -5.02. The van der Waals surface area contributed by atoms with Crippen LogP contribution in [-0.2, 0) is 47.0 Å². The molecule has 3 heterocycles. The number of aryl methyl sites for hydroxylation is 1. The number of aliphatic hydroxyl groups is 3. The molecule has 18 heteroatoms. The van der Waals surface area contributed by atoms with Crippen molar-refractivity contribution in [2.45, 2.75) is 140 Å². The van der Waals surface area contributed by atoms with E-state index in [-0.39, 0.29) is 41.2 Å². The Morgan fingerprint density at radius 1 is 0.808 bits per heavy atom. The van der Waals surface area contributed by atoms with Crippen molar-refractivity contribution in [1.82, 2.24) is 5.32 Å². The zero-order chi connectivity index (χ0) is 52.7. The number of nitrogens with one attached hydrogen (secondary N) is 1. The number of rotatable bonds is 22. The molecule has 0 spiro atoms. The number of ether oxygens (including phenoxy) is 2. The molecule has 396 valence electrons. The predicted molar refractivity (Wildman–Crippen MR) is 282 cm³/mol. The summed E-state index contributed by atoms with van der Waals surface area (Å²) in [6.07, 6.45) is 9.83. The fourth-order valence-electron chi connectivity index (χ4n) is 10.5. The molecule has 1 fully saturated rings. The highest BCUT2D eigenvalue weighted by atomic mass is 32.2. The van der Waals surface area contributed by atoms with E-state index in [1.54, 1.807) is 0 Å². The van der Waals surface area contributed by atoms with Gasteiger partial charge in [-0.25, -0.2) is 0 Å². The molecule has 3 aromatic carbocycles. The summed E-state index contributed by atoms with van der Waals surface area (Å²) in [6.45, 7) is 10.1. The van der Waals surface area contributed by atoms with Crippen molar-refractivity contribution >= 4 is 43.2 Å². The lowest BCUT2D eigenvalue weighted by Crippen LogP contribution is -2.63. The van der Waals surface area contributed by atoms with Crippen LogP contribution in [0.25, 0.3) is 0 Å². The molecule has 1 amide bonds. The molecule has 1 aliphatic carbocycles. The first kappa shape index (κ1) is 55.7. The van der Waals surface area contributed by atoms with Crippen LogP contribution in [0.15, 0.2) is 120 Å². The zero-order valence-corrected chi connectivity index (χ0v) is 44.0. The van der Waals surface area contributed by atoms with Gasteiger partial charge in [-0.1, -0.05) is 74.9 Å². The van der Waals surface area contributed by atoms with Gasteiger partial charge in [-0.3, -0.25) is 13.9 Å². The van der Waals surface area contributed by atoms with Gasteiger partial charge < -0.3 is 40.7 Å². The van der Waals surface area contributed by atoms with Gasteiger partial charge in [0.1, 0.15) is 36.4 Å². The van der Waals surface area contributed by atoms with Crippen LogP contribution in [0.1, 0.15) is 109 Å². The van der Waals surface area contributed by atoms with E-state index >= 15 is 0 Å². The second-order valence-corrected chi connectivity index (χ2v) is 23.8. The number of anilines is 1. The number of carbonyl (C=O) groups excluding carboxylic acids is 1. The Morgan fingerprint density at radius 3 is 2.16 bits per heavy atom. The van der Waals surface area contributed by atoms with Crippen molar-refractivity contribution in [2.75, 3.05) is 36.0 Å². The largest absolute Gasteiger partial charge is 0.457 e. The number of unbranched alkanes of at least 4 members (excludes halogenated alkanes) is 4. The van der Waals surface area contributed by atoms with Gasteiger partial charge >= 0.3 is 0 Å². The molecule has 0 saturated carbocycles. The number of allylic oxidation sites excluding steroid dienone is 7. The van der Waals surface area contributed by atoms with Crippen LogP contribution < -0.4 is 20.7 Å². The molecule has 0 radical (unpaired) electrons. The first-order chi connectivity index (χ1) is 34.5. The highest BCUT2D eigenvalue weighted by Gasteiger charge is 2.45. The van der Waals surface area contributed by atoms with Crippen LogP contribution >= 0.6 is 0 Å². The SMILES string of the molecule is CC1(C)C(=CC=C2CCCC(C=CC3=[N+](CCCCCS(=O)(=O)O)c4ccccc4C3(C)C)=C2Oc2ccc(CCC(=O)NC[C@H]3O[C@@H](O)[C@H](N)[C@@H](O)[C@@H]3O)cc2)N(CCCCCS(=O)(=O)O)c2ccccc21. The predicted octanol–water partition coefficient (Wildman–Crippen LogP) is 6.68. The molecule has 0 bridgehead atoms. The number of benzene rings is 3. The van der Waals surface area contributed by atoms with Crippen LogP contribution in [0.4, 0.5) is 11.4 Å². The highest BCUT2D eigenvalue weighted by molar-refractivity contribution is 7.86. The lowest BCUT2D eigenvalue weighted by atomic mass is 9.81. The summed E-state index contributed by atoms with van der Waals surface area (Å²) in [5.41, 5.74) is 14.7. The first-order valence-electron chi connectivity index (χ1n) is 25.4. The minimum atomic E-state index is -4.03. The van der Waals surface area contributed by atoms with Crippen molar-refractivity contribution in [2.24, 2.45) is 5.73 Å². The maximum Gasteiger partial charge on any atom is 0.264 e. The lowest BCUT2D eigenvalue weighted by molar-refractivity contribution is -0.438. The molecule has 3 aliphatic heterocycles. The van der Waals surface area contributed by atoms with E-state index < -0.39 is 50.9 Å². The molecule has 0 unspecified atom stereocenters. The molecular weight excluding hydrogens is 973 g/mol. The average molecular weight is 1050 g/mol. The summed E-state index contributed by atoms with van der Waals surface area (Å²) in [5.74, 6) is 0.522. The molecule has 73 heavy (non-hydrogen) atoms. The number of fused-ring (bicyclic) bond motifs is 2. The van der Waals surface area contributed by atoms with Gasteiger partial charge in [-0.15, -0.1) is 0 Å². The Kier molecular flexibility index (Phi) is 18.1. The van der Waals surface area contributed by atoms with Crippen LogP contribution in [0.5, 0.6) is 5.75 Å². The number of nitrogens with two attached hydrogens (primary N) is 1. The number of hydrogen-bond donors (Lipinski definition) is 7. The van der Waals surface area contributed by atoms with E-state index in [0.717, 1.165) is 77.4 Å². The normalized spacial score (nSPS) is 23.9. The number of carbonyl (C=O) groups is 1. The van der Waals surface area contributed by atoms with E-state index in [1.165, 1.54) is 11.1 Å². The second-order valence-electron chi connectivity index (χ2n) is 20.6. The fraction of sp³-hybridized carbons (Fsp3) is 0.491. The maximum absolute atomic E-state index is 12.9. The van der Waals surface area contributed by atoms with Gasteiger partial charge in [0.15, 0.2) is 12.0 Å². The van der Waals surface area contributed by atoms with Crippen molar-refractivity contribution in [1.29, 1.82) is 0 Å². The Morgan fingerprint density at radius 2 is 1.47 bits per heavy atom. The molecule has 4 aliphatic rings. The molecule has 3 aromatic rings. The number of para-hydroxylation sites is 2. The van der Waals surface area contributed by atoms with Crippen LogP contribution in [-0.4, -0.2) is 119 Å². The average Bonchev–Trinajstić information content (AvgIpc) is 3.69. The lowest BCUT2D eigenvalue weighted by Gasteiger charge is -2.39. The van der Waals surface area contributed by atoms with Crippen molar-refractivity contribution in [3.8, 4) is 5.75 Å². The Bertz CT molecular complexity index is 2850. The highest BCUT2D eigenvalue weighted by Crippen LogP contribution is 2.48. The van der Waals surface area contributed by atoms with Gasteiger partial charge in [-0.2, -0.15) is 21.4 Å². The number of hydrogen-bond acceptors (Lipinski definition) is 12. The second kappa shape index (κ2) is 23.7. The van der Waals surface area contributed by atoms with E-state index in [1.807, 2.05) is 48.5 Å². The summed E-state index contributed by atoms with van der Waals surface area (Å²) in [4.78, 5) is 15.2. The fourth-order valence-corrected chi connectivity index (χ4v) is 11.6. The van der Waals surface area contributed by atoms with Crippen LogP contribution in [0, 0.1) is 0 Å². The minimum Gasteiger partial charge on any atom is -0.457 e. The monoisotopic (exact) mass is 1050 g/mol. The topological polar surface area (TPSA) is 249 Å². The smallest absolute Gasteiger partial charge is 0.264 e. The summed E-state index contributed by atoms with van der Waals surface area (Å²) in [6, 6.07) is 23.1. The summed E-state index contributed by atoms with van der Waals surface area (Å²) in [5, 5.41) is 33.2. The van der Waals surface area contributed by atoms with Gasteiger partial charge in [0.2, 0.25) is 11.6 Å². The maximum atomic E-state index is 12.9. The third-order valence-corrected chi connectivity index (χ3v) is 16.2. The molecule has 5 atom stereocenters.